The van der Waals surface area contributed by atoms with E-state index in [-0.39, 0.29) is 54.0 Å². The minimum Gasteiger partial charge on any atom is -1.00 e. The number of aliphatic hydroxyl groups is 1. The van der Waals surface area contributed by atoms with Gasteiger partial charge in [-0.05, 0) is 67.9 Å². The summed E-state index contributed by atoms with van der Waals surface area (Å²) in [5.41, 5.74) is 2.62. The molecule has 0 aliphatic rings. The molecule has 0 bridgehead atoms. The summed E-state index contributed by atoms with van der Waals surface area (Å²) in [6.07, 6.45) is 3.30. The zero-order valence-corrected chi connectivity index (χ0v) is 29.8. The van der Waals surface area contributed by atoms with Crippen LogP contribution >= 0.6 is 23.7 Å². The van der Waals surface area contributed by atoms with E-state index in [9.17, 15) is 14.3 Å². The van der Waals surface area contributed by atoms with Crippen molar-refractivity contribution in [2.45, 2.75) is 45.4 Å². The number of aromatic nitrogens is 4. The summed E-state index contributed by atoms with van der Waals surface area (Å²) in [6, 6.07) is 16.1. The SMILES string of the molecule is CNCC(=O)Oc1c(C)cc(C[n+]2cnn(C[C@](O)(c3ccc(F)cc3F)[C@@H](C)c3nc(-c4ccc(C#N)cc4)cs3)c2)cc1C.Cl.[Br-]. The van der Waals surface area contributed by atoms with Gasteiger partial charge in [0.1, 0.15) is 29.5 Å². The van der Waals surface area contributed by atoms with Crippen molar-refractivity contribution < 1.29 is 45.0 Å². The first kappa shape index (κ1) is 38.4. The fourth-order valence-electron chi connectivity index (χ4n) is 5.41. The number of aryl methyl sites for hydroxylation is 2. The van der Waals surface area contributed by atoms with E-state index < -0.39 is 23.2 Å². The van der Waals surface area contributed by atoms with Crippen LogP contribution in [-0.4, -0.2) is 39.4 Å². The molecule has 2 heterocycles. The molecule has 0 aliphatic heterocycles. The Hall–Kier alpha value is -4.06. The lowest BCUT2D eigenvalue weighted by Crippen LogP contribution is -3.00. The maximum atomic E-state index is 15.3. The molecule has 0 aliphatic carbocycles. The molecular formula is C34H34BrClF2N6O3S. The third kappa shape index (κ3) is 8.50. The van der Waals surface area contributed by atoms with Crippen molar-refractivity contribution in [1.29, 1.82) is 5.26 Å². The first-order valence-corrected chi connectivity index (χ1v) is 15.4. The summed E-state index contributed by atoms with van der Waals surface area (Å²) in [6.45, 7) is 5.88. The van der Waals surface area contributed by atoms with Gasteiger partial charge < -0.3 is 32.1 Å². The van der Waals surface area contributed by atoms with Crippen molar-refractivity contribution in [3.63, 3.8) is 0 Å². The van der Waals surface area contributed by atoms with Gasteiger partial charge in [-0.1, -0.05) is 25.1 Å². The summed E-state index contributed by atoms with van der Waals surface area (Å²) in [5, 5.41) is 31.0. The Kier molecular flexibility index (Phi) is 13.1. The number of nitrogens with one attached hydrogen (secondary N) is 1. The van der Waals surface area contributed by atoms with Crippen molar-refractivity contribution in [2.24, 2.45) is 0 Å². The molecule has 0 amide bonds. The van der Waals surface area contributed by atoms with Gasteiger partial charge in [-0.3, -0.25) is 4.79 Å². The molecule has 3 aromatic carbocycles. The lowest BCUT2D eigenvalue weighted by Gasteiger charge is -2.32. The van der Waals surface area contributed by atoms with Crippen LogP contribution in [0, 0.1) is 36.8 Å². The molecule has 0 radical (unpaired) electrons. The van der Waals surface area contributed by atoms with Gasteiger partial charge in [-0.25, -0.2) is 18.3 Å². The van der Waals surface area contributed by atoms with Gasteiger partial charge in [0.25, 0.3) is 6.33 Å². The highest BCUT2D eigenvalue weighted by atomic mass is 79.9. The van der Waals surface area contributed by atoms with Gasteiger partial charge in [-0.2, -0.15) is 5.26 Å². The number of esters is 1. The first-order chi connectivity index (χ1) is 22.0. The van der Waals surface area contributed by atoms with Gasteiger partial charge in [0.05, 0.1) is 35.4 Å². The predicted molar refractivity (Wildman–Crippen MR) is 175 cm³/mol. The standard InChI is InChI=1S/C34H33F2N6O3S.BrH.ClH/c1-21-11-25(12-22(2)32(21)45-31(43)15-38-4)16-41-19-39-42(20-41)18-34(44,28-10-9-27(35)13-29(28)36)23(3)33-40-30(17-46-33)26-7-5-24(14-37)6-8-26;;/h5-13,17,19-20,23,38,44H,15-16,18H2,1-4H3;2*1H/q+1;;/p-1/t23-,34+;;/m0../s1. The summed E-state index contributed by atoms with van der Waals surface area (Å²) in [7, 11) is 1.67. The van der Waals surface area contributed by atoms with Gasteiger partial charge in [-0.15, -0.1) is 28.4 Å². The maximum Gasteiger partial charge on any atom is 0.325 e. The van der Waals surface area contributed by atoms with E-state index in [4.69, 9.17) is 15.0 Å². The third-order valence-corrected chi connectivity index (χ3v) is 8.80. The molecule has 0 saturated heterocycles. The molecule has 5 aromatic rings. The van der Waals surface area contributed by atoms with Crippen LogP contribution in [0.2, 0.25) is 0 Å². The summed E-state index contributed by atoms with van der Waals surface area (Å²) < 4.78 is 38.0. The normalized spacial score (nSPS) is 12.6. The zero-order valence-electron chi connectivity index (χ0n) is 26.6. The number of ether oxygens (including phenoxy) is 1. The van der Waals surface area contributed by atoms with Crippen LogP contribution in [0.25, 0.3) is 11.3 Å². The van der Waals surface area contributed by atoms with Crippen molar-refractivity contribution in [3.8, 4) is 23.1 Å². The molecule has 2 aromatic heterocycles. The third-order valence-electron chi connectivity index (χ3n) is 7.77. The average Bonchev–Trinajstić information content (AvgIpc) is 3.68. The van der Waals surface area contributed by atoms with Crippen molar-refractivity contribution in [3.05, 3.63) is 117 Å². The van der Waals surface area contributed by atoms with E-state index in [2.05, 4.69) is 16.5 Å². The van der Waals surface area contributed by atoms with E-state index in [1.807, 2.05) is 35.9 Å². The van der Waals surface area contributed by atoms with Crippen LogP contribution in [0.5, 0.6) is 5.75 Å². The van der Waals surface area contributed by atoms with Crippen LogP contribution in [-0.2, 0) is 23.5 Å². The summed E-state index contributed by atoms with van der Waals surface area (Å²) in [4.78, 5) is 16.7. The lowest BCUT2D eigenvalue weighted by molar-refractivity contribution is -0.689. The lowest BCUT2D eigenvalue weighted by atomic mass is 9.82. The van der Waals surface area contributed by atoms with Gasteiger partial charge in [0, 0.05) is 33.6 Å². The topological polar surface area (TPSA) is 117 Å². The second-order valence-corrected chi connectivity index (χ2v) is 12.1. The zero-order chi connectivity index (χ0) is 33.0. The number of hydrogen-bond donors (Lipinski definition) is 2. The van der Waals surface area contributed by atoms with E-state index in [1.54, 1.807) is 50.9 Å². The Morgan fingerprint density at radius 2 is 1.85 bits per heavy atom. The molecule has 0 fully saturated rings. The van der Waals surface area contributed by atoms with E-state index >= 15 is 4.39 Å². The molecule has 5 rings (SSSR count). The van der Waals surface area contributed by atoms with Gasteiger partial charge in [0.2, 0.25) is 6.33 Å². The molecule has 252 valence electrons. The number of likely N-dealkylation sites (N-methyl/N-ethyl adjacent to an activating group) is 1. The molecule has 0 saturated carbocycles. The highest BCUT2D eigenvalue weighted by Gasteiger charge is 2.43. The van der Waals surface area contributed by atoms with E-state index in [0.29, 0.717) is 28.6 Å². The summed E-state index contributed by atoms with van der Waals surface area (Å²) in [5.74, 6) is -2.20. The van der Waals surface area contributed by atoms with Crippen LogP contribution in [0.3, 0.4) is 0 Å². The minimum absolute atomic E-state index is 0. The minimum atomic E-state index is -1.85. The molecular weight excluding hydrogens is 726 g/mol. The Morgan fingerprint density at radius 1 is 1.17 bits per heavy atom. The van der Waals surface area contributed by atoms with Gasteiger partial charge in [0.15, 0.2) is 0 Å². The van der Waals surface area contributed by atoms with Crippen LogP contribution in [0.1, 0.15) is 45.7 Å². The first-order valence-electron chi connectivity index (χ1n) is 14.5. The number of benzene rings is 3. The second kappa shape index (κ2) is 16.4. The fraction of sp³-hybridized carbons (Fsp3) is 0.265. The number of carbonyl (C=O) groups excluding carboxylic acids is 1. The van der Waals surface area contributed by atoms with E-state index in [0.717, 1.165) is 34.4 Å². The van der Waals surface area contributed by atoms with Crippen molar-refractivity contribution in [1.82, 2.24) is 20.1 Å². The number of carbonyl (C=O) groups is 1. The number of halogens is 4. The highest BCUT2D eigenvalue weighted by molar-refractivity contribution is 7.10. The molecule has 0 unspecified atom stereocenters. The smallest absolute Gasteiger partial charge is 0.325 e. The summed E-state index contributed by atoms with van der Waals surface area (Å²) >= 11 is 1.32. The monoisotopic (exact) mass is 758 g/mol. The molecule has 14 heteroatoms. The Balaban J connectivity index is 0.00000312. The Labute approximate surface area is 298 Å². The largest absolute Gasteiger partial charge is 1.00 e. The van der Waals surface area contributed by atoms with Crippen molar-refractivity contribution in [2.75, 3.05) is 13.6 Å². The van der Waals surface area contributed by atoms with Gasteiger partial charge >= 0.3 is 5.97 Å². The second-order valence-electron chi connectivity index (χ2n) is 11.2. The number of nitriles is 1. The fourth-order valence-corrected chi connectivity index (χ4v) is 6.38. The molecule has 2 atom stereocenters. The molecule has 2 N–H and O–H groups in total. The quantitative estimate of drug-likeness (QED) is 0.121. The number of rotatable bonds is 11. The molecule has 48 heavy (non-hydrogen) atoms. The van der Waals surface area contributed by atoms with Crippen molar-refractivity contribution >= 4 is 29.7 Å². The average molecular weight is 760 g/mol. The Morgan fingerprint density at radius 3 is 2.48 bits per heavy atom. The van der Waals surface area contributed by atoms with Crippen LogP contribution < -0.4 is 31.6 Å². The van der Waals surface area contributed by atoms with Crippen LogP contribution in [0.4, 0.5) is 8.78 Å². The molecule has 0 spiro atoms. The molecule has 9 nitrogen and oxygen atoms in total. The maximum absolute atomic E-state index is 15.3. The number of hydrogen-bond acceptors (Lipinski definition) is 8. The van der Waals surface area contributed by atoms with Crippen LogP contribution in [0.15, 0.2) is 72.6 Å². The number of thiazole rings is 1. The number of nitrogens with zero attached hydrogens (tertiary/aromatic N) is 5. The predicted octanol–water partition coefficient (Wildman–Crippen LogP) is 2.35. The van der Waals surface area contributed by atoms with E-state index in [1.165, 1.54) is 22.1 Å². The highest BCUT2D eigenvalue weighted by Crippen LogP contribution is 2.41. The Bertz CT molecular complexity index is 1910.